The fourth-order valence-electron chi connectivity index (χ4n) is 1.64. The Morgan fingerprint density at radius 3 is 2.17 bits per heavy atom. The van der Waals surface area contributed by atoms with Crippen LogP contribution in [0.25, 0.3) is 11.6 Å². The molecule has 90 valence electrons. The molecule has 0 unspecified atom stereocenters. The molecule has 2 rings (SSSR count). The van der Waals surface area contributed by atoms with Gasteiger partial charge in [0.25, 0.3) is 0 Å². The summed E-state index contributed by atoms with van der Waals surface area (Å²) in [6.45, 7) is 0. The van der Waals surface area contributed by atoms with Crippen LogP contribution in [0.2, 0.25) is 0 Å². The molecular formula is C15H12NO2-. The van der Waals surface area contributed by atoms with E-state index in [1.165, 1.54) is 0 Å². The van der Waals surface area contributed by atoms with E-state index >= 15 is 0 Å². The molecule has 0 fully saturated rings. The van der Waals surface area contributed by atoms with Crippen molar-refractivity contribution in [3.05, 3.63) is 65.7 Å². The van der Waals surface area contributed by atoms with Gasteiger partial charge in [-0.25, -0.2) is 0 Å². The largest absolute Gasteiger partial charge is 0.545 e. The molecule has 2 aromatic rings. The molecule has 0 saturated carbocycles. The Labute approximate surface area is 105 Å². The first-order valence-corrected chi connectivity index (χ1v) is 5.51. The van der Waals surface area contributed by atoms with Crippen molar-refractivity contribution in [2.75, 3.05) is 5.73 Å². The number of nitrogen functional groups attached to an aromatic ring is 1. The third kappa shape index (κ3) is 2.77. The summed E-state index contributed by atoms with van der Waals surface area (Å²) in [5, 5.41) is 11.2. The van der Waals surface area contributed by atoms with Crippen LogP contribution in [-0.2, 0) is 4.79 Å². The van der Waals surface area contributed by atoms with Gasteiger partial charge in [0.2, 0.25) is 0 Å². The summed E-state index contributed by atoms with van der Waals surface area (Å²) in [4.78, 5) is 11.2. The van der Waals surface area contributed by atoms with Gasteiger partial charge < -0.3 is 15.6 Å². The summed E-state index contributed by atoms with van der Waals surface area (Å²) in [5.41, 5.74) is 7.76. The third-order valence-corrected chi connectivity index (χ3v) is 2.55. The molecule has 0 saturated heterocycles. The van der Waals surface area contributed by atoms with Crippen molar-refractivity contribution in [1.29, 1.82) is 0 Å². The summed E-state index contributed by atoms with van der Waals surface area (Å²) < 4.78 is 0. The highest BCUT2D eigenvalue weighted by Gasteiger charge is 2.02. The van der Waals surface area contributed by atoms with E-state index in [1.807, 2.05) is 6.07 Å². The fourth-order valence-corrected chi connectivity index (χ4v) is 1.64. The summed E-state index contributed by atoms with van der Waals surface area (Å²) >= 11 is 0. The second-order valence-electron chi connectivity index (χ2n) is 3.88. The Bertz CT molecular complexity index is 571. The van der Waals surface area contributed by atoms with Gasteiger partial charge in [-0.15, -0.1) is 0 Å². The zero-order valence-electron chi connectivity index (χ0n) is 9.67. The molecule has 0 bridgehead atoms. The molecule has 0 heterocycles. The van der Waals surface area contributed by atoms with E-state index < -0.39 is 5.97 Å². The lowest BCUT2D eigenvalue weighted by molar-refractivity contribution is -0.295. The maximum atomic E-state index is 11.2. The van der Waals surface area contributed by atoms with Gasteiger partial charge in [0, 0.05) is 11.3 Å². The average Bonchev–Trinajstić information content (AvgIpc) is 2.38. The van der Waals surface area contributed by atoms with E-state index in [4.69, 9.17) is 5.73 Å². The lowest BCUT2D eigenvalue weighted by Crippen LogP contribution is -2.23. The number of hydrogen-bond donors (Lipinski definition) is 1. The number of anilines is 1. The maximum Gasteiger partial charge on any atom is 0.0721 e. The standard InChI is InChI=1S/C15H13NO2/c16-13-8-6-11(7-9-13)10-14(15(17)18)12-4-2-1-3-5-12/h1-10H,16H2,(H,17,18)/p-1/b14-10+. The lowest BCUT2D eigenvalue weighted by Gasteiger charge is -2.09. The molecule has 3 heteroatoms. The van der Waals surface area contributed by atoms with Crippen molar-refractivity contribution >= 4 is 23.3 Å². The van der Waals surface area contributed by atoms with Gasteiger partial charge in [0.15, 0.2) is 0 Å². The van der Waals surface area contributed by atoms with Gasteiger partial charge in [-0.3, -0.25) is 0 Å². The SMILES string of the molecule is Nc1ccc(/C=C(/C(=O)[O-])c2ccccc2)cc1. The predicted molar refractivity (Wildman–Crippen MR) is 70.2 cm³/mol. The van der Waals surface area contributed by atoms with Gasteiger partial charge in [0.05, 0.1) is 5.97 Å². The number of nitrogens with two attached hydrogens (primary N) is 1. The van der Waals surface area contributed by atoms with Crippen molar-refractivity contribution in [3.8, 4) is 0 Å². The highest BCUT2D eigenvalue weighted by molar-refractivity contribution is 6.19. The van der Waals surface area contributed by atoms with Gasteiger partial charge in [0.1, 0.15) is 0 Å². The van der Waals surface area contributed by atoms with Gasteiger partial charge in [-0.1, -0.05) is 42.5 Å². The van der Waals surface area contributed by atoms with Crippen molar-refractivity contribution in [1.82, 2.24) is 0 Å². The number of aliphatic carboxylic acids is 1. The molecule has 0 spiro atoms. The van der Waals surface area contributed by atoms with Crippen molar-refractivity contribution < 1.29 is 9.90 Å². The first-order chi connectivity index (χ1) is 8.66. The minimum Gasteiger partial charge on any atom is -0.545 e. The number of hydrogen-bond acceptors (Lipinski definition) is 3. The molecule has 0 amide bonds. The van der Waals surface area contributed by atoms with Crippen molar-refractivity contribution in [2.24, 2.45) is 0 Å². The highest BCUT2D eigenvalue weighted by atomic mass is 16.4. The topological polar surface area (TPSA) is 66.2 Å². The second kappa shape index (κ2) is 5.19. The zero-order chi connectivity index (χ0) is 13.0. The van der Waals surface area contributed by atoms with E-state index in [-0.39, 0.29) is 5.57 Å². The van der Waals surface area contributed by atoms with Crippen LogP contribution < -0.4 is 10.8 Å². The summed E-state index contributed by atoms with van der Waals surface area (Å²) in [5.74, 6) is -1.20. The van der Waals surface area contributed by atoms with E-state index in [1.54, 1.807) is 54.6 Å². The Morgan fingerprint density at radius 2 is 1.61 bits per heavy atom. The van der Waals surface area contributed by atoms with Crippen LogP contribution in [0.3, 0.4) is 0 Å². The zero-order valence-corrected chi connectivity index (χ0v) is 9.67. The lowest BCUT2D eigenvalue weighted by atomic mass is 10.0. The quantitative estimate of drug-likeness (QED) is 0.501. The number of benzene rings is 2. The van der Waals surface area contributed by atoms with E-state index in [2.05, 4.69) is 0 Å². The first kappa shape index (κ1) is 11.9. The molecule has 2 aromatic carbocycles. The number of carbonyl (C=O) groups is 1. The van der Waals surface area contributed by atoms with Gasteiger partial charge in [-0.05, 0) is 29.3 Å². The van der Waals surface area contributed by atoms with Crippen LogP contribution in [0.4, 0.5) is 5.69 Å². The van der Waals surface area contributed by atoms with E-state index in [0.717, 1.165) is 5.56 Å². The monoisotopic (exact) mass is 238 g/mol. The van der Waals surface area contributed by atoms with Gasteiger partial charge in [-0.2, -0.15) is 0 Å². The Morgan fingerprint density at radius 1 is 1.00 bits per heavy atom. The third-order valence-electron chi connectivity index (χ3n) is 2.55. The van der Waals surface area contributed by atoms with E-state index in [9.17, 15) is 9.90 Å². The first-order valence-electron chi connectivity index (χ1n) is 5.51. The number of rotatable bonds is 3. The Balaban J connectivity index is 2.43. The molecule has 3 nitrogen and oxygen atoms in total. The van der Waals surface area contributed by atoms with Crippen LogP contribution >= 0.6 is 0 Å². The Kier molecular flexibility index (Phi) is 3.44. The van der Waals surface area contributed by atoms with Crippen LogP contribution in [-0.4, -0.2) is 5.97 Å². The molecule has 0 aliphatic heterocycles. The average molecular weight is 238 g/mol. The fraction of sp³-hybridized carbons (Fsp3) is 0. The molecule has 0 aromatic heterocycles. The maximum absolute atomic E-state index is 11.2. The van der Waals surface area contributed by atoms with Gasteiger partial charge >= 0.3 is 0 Å². The van der Waals surface area contributed by atoms with Crippen LogP contribution in [0.1, 0.15) is 11.1 Å². The number of carboxylic acid groups (broad SMARTS) is 1. The minimum absolute atomic E-state index is 0.153. The molecule has 0 radical (unpaired) electrons. The smallest absolute Gasteiger partial charge is 0.0721 e. The van der Waals surface area contributed by atoms with E-state index in [0.29, 0.717) is 11.3 Å². The molecule has 0 atom stereocenters. The summed E-state index contributed by atoms with van der Waals surface area (Å²) in [7, 11) is 0. The Hall–Kier alpha value is -2.55. The molecule has 0 aliphatic carbocycles. The van der Waals surface area contributed by atoms with Crippen LogP contribution in [0.5, 0.6) is 0 Å². The van der Waals surface area contributed by atoms with Crippen LogP contribution in [0.15, 0.2) is 54.6 Å². The molecule has 2 N–H and O–H groups in total. The predicted octanol–water partition coefficient (Wildman–Crippen LogP) is 1.56. The molecule has 0 aliphatic rings. The minimum atomic E-state index is -1.20. The van der Waals surface area contributed by atoms with Crippen molar-refractivity contribution in [3.63, 3.8) is 0 Å². The number of carbonyl (C=O) groups excluding carboxylic acids is 1. The highest BCUT2D eigenvalue weighted by Crippen LogP contribution is 2.18. The molecular weight excluding hydrogens is 226 g/mol. The second-order valence-corrected chi connectivity index (χ2v) is 3.88. The van der Waals surface area contributed by atoms with Crippen molar-refractivity contribution in [2.45, 2.75) is 0 Å². The normalized spacial score (nSPS) is 11.2. The molecule has 18 heavy (non-hydrogen) atoms. The summed E-state index contributed by atoms with van der Waals surface area (Å²) in [6.07, 6.45) is 1.57. The van der Waals surface area contributed by atoms with Crippen LogP contribution in [0, 0.1) is 0 Å². The summed E-state index contributed by atoms with van der Waals surface area (Å²) in [6, 6.07) is 15.9. The number of carboxylic acids is 1.